The molecule has 0 saturated carbocycles. The first kappa shape index (κ1) is 15.7. The summed E-state index contributed by atoms with van der Waals surface area (Å²) >= 11 is 6.26. The molecule has 20 heavy (non-hydrogen) atoms. The molecule has 1 aliphatic heterocycles. The molecule has 1 heterocycles. The van der Waals surface area contributed by atoms with E-state index in [0.717, 1.165) is 36.6 Å². The molecule has 0 amide bonds. The largest absolute Gasteiger partial charge is 0.394 e. The van der Waals surface area contributed by atoms with Crippen molar-refractivity contribution in [3.05, 3.63) is 34.9 Å². The second-order valence-electron chi connectivity index (χ2n) is 5.13. The third kappa shape index (κ3) is 4.17. The minimum Gasteiger partial charge on any atom is -0.394 e. The van der Waals surface area contributed by atoms with E-state index in [1.807, 2.05) is 25.2 Å². The second kappa shape index (κ2) is 7.96. The maximum absolute atomic E-state index is 9.17. The number of aliphatic hydroxyl groups is 1. The van der Waals surface area contributed by atoms with Gasteiger partial charge in [-0.05, 0) is 25.1 Å². The molecule has 0 aliphatic carbocycles. The molecule has 1 aromatic carbocycles. The first-order valence-electron chi connectivity index (χ1n) is 7.11. The first-order chi connectivity index (χ1) is 9.74. The highest BCUT2D eigenvalue weighted by Gasteiger charge is 2.21. The molecule has 1 aliphatic rings. The maximum atomic E-state index is 9.17. The highest BCUT2D eigenvalue weighted by molar-refractivity contribution is 6.31. The summed E-state index contributed by atoms with van der Waals surface area (Å²) in [5.74, 6) is 0. The fourth-order valence-corrected chi connectivity index (χ4v) is 2.89. The molecule has 4 nitrogen and oxygen atoms in total. The van der Waals surface area contributed by atoms with Gasteiger partial charge in [-0.25, -0.2) is 0 Å². The molecule has 0 bridgehead atoms. The van der Waals surface area contributed by atoms with E-state index in [9.17, 15) is 0 Å². The zero-order valence-corrected chi connectivity index (χ0v) is 12.6. The molecule has 1 saturated heterocycles. The standard InChI is InChI=1S/C15H23ClN2O2/c1-17-15(13-4-2-3-5-14(13)16)6-7-18-8-9-20-12(10-18)11-19/h2-5,12,15,17,19H,6-11H2,1H3. The molecule has 1 fully saturated rings. The van der Waals surface area contributed by atoms with Gasteiger partial charge in [-0.1, -0.05) is 29.8 Å². The van der Waals surface area contributed by atoms with E-state index in [4.69, 9.17) is 21.4 Å². The number of hydrogen-bond donors (Lipinski definition) is 2. The summed E-state index contributed by atoms with van der Waals surface area (Å²) in [6.45, 7) is 3.49. The van der Waals surface area contributed by atoms with Crippen molar-refractivity contribution >= 4 is 11.6 Å². The zero-order chi connectivity index (χ0) is 14.4. The van der Waals surface area contributed by atoms with Gasteiger partial charge in [0.05, 0.1) is 19.3 Å². The van der Waals surface area contributed by atoms with Crippen molar-refractivity contribution in [1.82, 2.24) is 10.2 Å². The smallest absolute Gasteiger partial charge is 0.0932 e. The quantitative estimate of drug-likeness (QED) is 0.839. The van der Waals surface area contributed by atoms with Crippen molar-refractivity contribution in [2.45, 2.75) is 18.6 Å². The molecule has 112 valence electrons. The number of morpholine rings is 1. The van der Waals surface area contributed by atoms with Crippen LogP contribution >= 0.6 is 11.6 Å². The zero-order valence-electron chi connectivity index (χ0n) is 11.9. The Balaban J connectivity index is 1.89. The van der Waals surface area contributed by atoms with Crippen molar-refractivity contribution < 1.29 is 9.84 Å². The van der Waals surface area contributed by atoms with Crippen LogP contribution in [0.3, 0.4) is 0 Å². The summed E-state index contributed by atoms with van der Waals surface area (Å²) in [6.07, 6.45) is 0.940. The average Bonchev–Trinajstić information content (AvgIpc) is 2.49. The van der Waals surface area contributed by atoms with Crippen LogP contribution in [-0.2, 0) is 4.74 Å². The molecular formula is C15H23ClN2O2. The summed E-state index contributed by atoms with van der Waals surface area (Å²) in [4.78, 5) is 2.34. The van der Waals surface area contributed by atoms with E-state index in [0.29, 0.717) is 6.61 Å². The third-order valence-electron chi connectivity index (χ3n) is 3.79. The van der Waals surface area contributed by atoms with Crippen LogP contribution in [0, 0.1) is 0 Å². The van der Waals surface area contributed by atoms with Gasteiger partial charge in [-0.3, -0.25) is 4.90 Å². The molecule has 5 heteroatoms. The van der Waals surface area contributed by atoms with Gasteiger partial charge < -0.3 is 15.2 Å². The minimum atomic E-state index is -0.0444. The Kier molecular flexibility index (Phi) is 6.26. The molecule has 2 atom stereocenters. The average molecular weight is 299 g/mol. The lowest BCUT2D eigenvalue weighted by atomic mass is 10.0. The van der Waals surface area contributed by atoms with Gasteiger partial charge in [0.15, 0.2) is 0 Å². The number of hydrogen-bond acceptors (Lipinski definition) is 4. The summed E-state index contributed by atoms with van der Waals surface area (Å²) in [6, 6.07) is 8.21. The lowest BCUT2D eigenvalue weighted by Crippen LogP contribution is -2.44. The van der Waals surface area contributed by atoms with E-state index in [2.05, 4.69) is 16.3 Å². The number of ether oxygens (including phenoxy) is 1. The fraction of sp³-hybridized carbons (Fsp3) is 0.600. The van der Waals surface area contributed by atoms with E-state index in [1.54, 1.807) is 0 Å². The number of benzene rings is 1. The molecule has 2 unspecified atom stereocenters. The SMILES string of the molecule is CNC(CCN1CCOC(CO)C1)c1ccccc1Cl. The summed E-state index contributed by atoms with van der Waals surface area (Å²) < 4.78 is 5.47. The molecule has 0 spiro atoms. The van der Waals surface area contributed by atoms with Crippen molar-refractivity contribution in [2.24, 2.45) is 0 Å². The predicted molar refractivity (Wildman–Crippen MR) is 81.1 cm³/mol. The van der Waals surface area contributed by atoms with Gasteiger partial charge in [-0.15, -0.1) is 0 Å². The van der Waals surface area contributed by atoms with Crippen LogP contribution in [0.2, 0.25) is 5.02 Å². The van der Waals surface area contributed by atoms with E-state index < -0.39 is 0 Å². The Hall–Kier alpha value is -0.650. The van der Waals surface area contributed by atoms with Crippen molar-refractivity contribution in [3.63, 3.8) is 0 Å². The van der Waals surface area contributed by atoms with Crippen molar-refractivity contribution in [1.29, 1.82) is 0 Å². The molecule has 1 aromatic rings. The van der Waals surface area contributed by atoms with Crippen LogP contribution in [0.5, 0.6) is 0 Å². The van der Waals surface area contributed by atoms with E-state index >= 15 is 0 Å². The van der Waals surface area contributed by atoms with Crippen LogP contribution in [0.15, 0.2) is 24.3 Å². The Bertz CT molecular complexity index is 417. The Labute approximate surface area is 125 Å². The second-order valence-corrected chi connectivity index (χ2v) is 5.53. The topological polar surface area (TPSA) is 44.7 Å². The van der Waals surface area contributed by atoms with Crippen molar-refractivity contribution in [2.75, 3.05) is 39.9 Å². The van der Waals surface area contributed by atoms with E-state index in [1.165, 1.54) is 0 Å². The molecule has 2 N–H and O–H groups in total. The Morgan fingerprint density at radius 2 is 2.30 bits per heavy atom. The summed E-state index contributed by atoms with van der Waals surface area (Å²) in [7, 11) is 1.96. The van der Waals surface area contributed by atoms with Gasteiger partial charge >= 0.3 is 0 Å². The third-order valence-corrected chi connectivity index (χ3v) is 4.13. The van der Waals surface area contributed by atoms with Crippen LogP contribution in [-0.4, -0.2) is 56.0 Å². The van der Waals surface area contributed by atoms with Crippen LogP contribution in [0.4, 0.5) is 0 Å². The van der Waals surface area contributed by atoms with Gasteiger partial charge in [-0.2, -0.15) is 0 Å². The van der Waals surface area contributed by atoms with Crippen LogP contribution in [0.25, 0.3) is 0 Å². The minimum absolute atomic E-state index is 0.0444. The number of nitrogens with one attached hydrogen (secondary N) is 1. The number of nitrogens with zero attached hydrogens (tertiary/aromatic N) is 1. The molecule has 2 rings (SSSR count). The normalized spacial score (nSPS) is 21.9. The monoisotopic (exact) mass is 298 g/mol. The van der Waals surface area contributed by atoms with Gasteiger partial charge in [0, 0.05) is 30.7 Å². The maximum Gasteiger partial charge on any atom is 0.0932 e. The lowest BCUT2D eigenvalue weighted by Gasteiger charge is -2.33. The van der Waals surface area contributed by atoms with Gasteiger partial charge in [0.1, 0.15) is 0 Å². The molecular weight excluding hydrogens is 276 g/mol. The summed E-state index contributed by atoms with van der Waals surface area (Å²) in [5.41, 5.74) is 1.14. The van der Waals surface area contributed by atoms with Crippen molar-refractivity contribution in [3.8, 4) is 0 Å². The van der Waals surface area contributed by atoms with Crippen LogP contribution in [0.1, 0.15) is 18.0 Å². The Morgan fingerprint density at radius 1 is 1.50 bits per heavy atom. The van der Waals surface area contributed by atoms with E-state index in [-0.39, 0.29) is 18.8 Å². The fourth-order valence-electron chi connectivity index (χ4n) is 2.62. The predicted octanol–water partition coefficient (Wildman–Crippen LogP) is 1.68. The summed E-state index contributed by atoms with van der Waals surface area (Å²) in [5, 5.41) is 13.3. The first-order valence-corrected chi connectivity index (χ1v) is 7.49. The number of aliphatic hydroxyl groups excluding tert-OH is 1. The molecule has 0 radical (unpaired) electrons. The number of halogens is 1. The highest BCUT2D eigenvalue weighted by Crippen LogP contribution is 2.25. The number of rotatable bonds is 6. The lowest BCUT2D eigenvalue weighted by molar-refractivity contribution is -0.0533. The van der Waals surface area contributed by atoms with Crippen LogP contribution < -0.4 is 5.32 Å². The van der Waals surface area contributed by atoms with Gasteiger partial charge in [0.25, 0.3) is 0 Å². The van der Waals surface area contributed by atoms with Gasteiger partial charge in [0.2, 0.25) is 0 Å². The Morgan fingerprint density at radius 3 is 3.00 bits per heavy atom. The molecule has 0 aromatic heterocycles. The highest BCUT2D eigenvalue weighted by atomic mass is 35.5.